The molecular weight excluding hydrogens is 232 g/mol. The van der Waals surface area contributed by atoms with E-state index in [4.69, 9.17) is 10.2 Å². The summed E-state index contributed by atoms with van der Waals surface area (Å²) in [7, 11) is 0. The van der Waals surface area contributed by atoms with Crippen LogP contribution in [0.3, 0.4) is 0 Å². The van der Waals surface area contributed by atoms with Gasteiger partial charge in [0.1, 0.15) is 5.76 Å². The topological polar surface area (TPSA) is 86.9 Å². The largest absolute Gasteiger partial charge is 0.438 e. The Hall–Kier alpha value is -1.95. The van der Waals surface area contributed by atoms with Crippen LogP contribution in [-0.4, -0.2) is 27.2 Å². The van der Waals surface area contributed by atoms with Gasteiger partial charge in [0.25, 0.3) is 5.89 Å². The molecule has 0 saturated carbocycles. The number of rotatable bonds is 3. The van der Waals surface area contributed by atoms with Gasteiger partial charge >= 0.3 is 5.91 Å². The molecule has 2 aromatic rings. The number of aryl methyl sites for hydroxylation is 2. The molecule has 0 bridgehead atoms. The number of aromatic nitrogens is 3. The molecule has 2 heterocycles. The number of nitrogens with two attached hydrogens (primary N) is 1. The Bertz CT molecular complexity index is 583. The monoisotopic (exact) mass is 248 g/mol. The first-order valence-electron chi connectivity index (χ1n) is 5.77. The molecule has 96 valence electrons. The van der Waals surface area contributed by atoms with Gasteiger partial charge in [0.05, 0.1) is 11.9 Å². The van der Waals surface area contributed by atoms with Crippen LogP contribution in [0.15, 0.2) is 10.6 Å². The van der Waals surface area contributed by atoms with Gasteiger partial charge in [0, 0.05) is 5.69 Å². The average molecular weight is 248 g/mol. The summed E-state index contributed by atoms with van der Waals surface area (Å²) in [6.45, 7) is 5.98. The van der Waals surface area contributed by atoms with E-state index < -0.39 is 0 Å². The number of oxazole rings is 1. The lowest BCUT2D eigenvalue weighted by molar-refractivity contribution is 0.0906. The van der Waals surface area contributed by atoms with Crippen LogP contribution in [0.4, 0.5) is 0 Å². The van der Waals surface area contributed by atoms with E-state index in [1.165, 1.54) is 10.9 Å². The van der Waals surface area contributed by atoms with Crippen LogP contribution in [-0.2, 0) is 6.42 Å². The van der Waals surface area contributed by atoms with Gasteiger partial charge in [-0.2, -0.15) is 9.78 Å². The van der Waals surface area contributed by atoms with E-state index in [9.17, 15) is 4.79 Å². The zero-order valence-corrected chi connectivity index (χ0v) is 10.7. The van der Waals surface area contributed by atoms with Crippen LogP contribution in [0, 0.1) is 20.8 Å². The minimum absolute atomic E-state index is 0.0531. The molecule has 0 saturated heterocycles. The summed E-state index contributed by atoms with van der Waals surface area (Å²) in [4.78, 5) is 16.1. The fraction of sp³-hybridized carbons (Fsp3) is 0.417. The summed E-state index contributed by atoms with van der Waals surface area (Å²) in [5.74, 6) is 0.298. The van der Waals surface area contributed by atoms with Gasteiger partial charge in [-0.1, -0.05) is 0 Å². The molecule has 0 atom stereocenters. The Balaban J connectivity index is 2.40. The second-order valence-corrected chi connectivity index (χ2v) is 4.18. The van der Waals surface area contributed by atoms with Gasteiger partial charge in [-0.3, -0.25) is 4.79 Å². The van der Waals surface area contributed by atoms with Crippen molar-refractivity contribution in [1.82, 2.24) is 14.8 Å². The average Bonchev–Trinajstić information content (AvgIpc) is 2.87. The molecule has 0 radical (unpaired) electrons. The van der Waals surface area contributed by atoms with Gasteiger partial charge < -0.3 is 10.2 Å². The summed E-state index contributed by atoms with van der Waals surface area (Å²) >= 11 is 0. The maximum absolute atomic E-state index is 12.2. The SMILES string of the molecule is Cc1cnc(C(=O)n2nc(C)c(CCN)c2C)o1. The molecule has 0 aliphatic heterocycles. The third kappa shape index (κ3) is 2.06. The molecule has 0 spiro atoms. The standard InChI is InChI=1S/C12H16N4O2/c1-7-6-14-11(18-7)12(17)16-9(3)10(4-5-13)8(2)15-16/h6H,4-5,13H2,1-3H3. The van der Waals surface area contributed by atoms with Crippen LogP contribution in [0.5, 0.6) is 0 Å². The lowest BCUT2D eigenvalue weighted by Gasteiger charge is -2.00. The van der Waals surface area contributed by atoms with E-state index in [0.717, 1.165) is 17.0 Å². The Morgan fingerprint density at radius 3 is 2.72 bits per heavy atom. The molecule has 2 aromatic heterocycles. The highest BCUT2D eigenvalue weighted by molar-refractivity contribution is 5.91. The first kappa shape index (κ1) is 12.5. The molecule has 2 rings (SSSR count). The van der Waals surface area contributed by atoms with E-state index in [-0.39, 0.29) is 11.8 Å². The van der Waals surface area contributed by atoms with Crippen LogP contribution < -0.4 is 5.73 Å². The quantitative estimate of drug-likeness (QED) is 0.875. The fourth-order valence-electron chi connectivity index (χ4n) is 1.92. The zero-order chi connectivity index (χ0) is 13.3. The van der Waals surface area contributed by atoms with Crippen molar-refractivity contribution in [3.05, 3.63) is 34.8 Å². The number of hydrogen-bond acceptors (Lipinski definition) is 5. The molecule has 0 amide bonds. The van der Waals surface area contributed by atoms with Crippen molar-refractivity contribution in [3.63, 3.8) is 0 Å². The number of carbonyl (C=O) groups is 1. The highest BCUT2D eigenvalue weighted by Gasteiger charge is 2.20. The van der Waals surface area contributed by atoms with E-state index in [2.05, 4.69) is 10.1 Å². The van der Waals surface area contributed by atoms with Crippen molar-refractivity contribution in [3.8, 4) is 0 Å². The normalized spacial score (nSPS) is 10.9. The van der Waals surface area contributed by atoms with Crippen LogP contribution >= 0.6 is 0 Å². The fourth-order valence-corrected chi connectivity index (χ4v) is 1.92. The number of nitrogens with zero attached hydrogens (tertiary/aromatic N) is 3. The third-order valence-electron chi connectivity index (χ3n) is 2.83. The third-order valence-corrected chi connectivity index (χ3v) is 2.83. The van der Waals surface area contributed by atoms with Crippen LogP contribution in [0.2, 0.25) is 0 Å². The van der Waals surface area contributed by atoms with Gasteiger partial charge in [-0.05, 0) is 39.3 Å². The highest BCUT2D eigenvalue weighted by Crippen LogP contribution is 2.15. The minimum atomic E-state index is -0.355. The Kier molecular flexibility index (Phi) is 3.29. The van der Waals surface area contributed by atoms with Crippen molar-refractivity contribution in [2.24, 2.45) is 5.73 Å². The molecule has 2 N–H and O–H groups in total. The predicted molar refractivity (Wildman–Crippen MR) is 65.4 cm³/mol. The lowest BCUT2D eigenvalue weighted by Crippen LogP contribution is -2.16. The van der Waals surface area contributed by atoms with Gasteiger partial charge in [0.2, 0.25) is 0 Å². The molecule has 6 nitrogen and oxygen atoms in total. The van der Waals surface area contributed by atoms with E-state index in [0.29, 0.717) is 18.7 Å². The highest BCUT2D eigenvalue weighted by atomic mass is 16.4. The molecule has 0 unspecified atom stereocenters. The summed E-state index contributed by atoms with van der Waals surface area (Å²) in [6.07, 6.45) is 2.22. The second-order valence-electron chi connectivity index (χ2n) is 4.18. The van der Waals surface area contributed by atoms with Gasteiger partial charge in [0.15, 0.2) is 0 Å². The summed E-state index contributed by atoms with van der Waals surface area (Å²) in [6, 6.07) is 0. The van der Waals surface area contributed by atoms with Gasteiger partial charge in [-0.15, -0.1) is 0 Å². The Labute approximate surface area is 105 Å². The van der Waals surface area contributed by atoms with Crippen molar-refractivity contribution >= 4 is 5.91 Å². The molecule has 6 heteroatoms. The van der Waals surface area contributed by atoms with E-state index >= 15 is 0 Å². The molecule has 0 aliphatic rings. The lowest BCUT2D eigenvalue weighted by atomic mass is 10.1. The molecule has 0 aromatic carbocycles. The smallest absolute Gasteiger partial charge is 0.334 e. The van der Waals surface area contributed by atoms with Gasteiger partial charge in [-0.25, -0.2) is 4.98 Å². The van der Waals surface area contributed by atoms with Crippen molar-refractivity contribution in [1.29, 1.82) is 0 Å². The first-order valence-corrected chi connectivity index (χ1v) is 5.77. The Morgan fingerprint density at radius 2 is 2.17 bits per heavy atom. The van der Waals surface area contributed by atoms with Crippen molar-refractivity contribution in [2.75, 3.05) is 6.54 Å². The van der Waals surface area contributed by atoms with Crippen LogP contribution in [0.1, 0.15) is 33.4 Å². The first-order chi connectivity index (χ1) is 8.54. The molecule has 0 fully saturated rings. The molecule has 18 heavy (non-hydrogen) atoms. The summed E-state index contributed by atoms with van der Waals surface area (Å²) in [5, 5.41) is 4.23. The summed E-state index contributed by atoms with van der Waals surface area (Å²) in [5.41, 5.74) is 8.16. The Morgan fingerprint density at radius 1 is 1.44 bits per heavy atom. The van der Waals surface area contributed by atoms with Crippen LogP contribution in [0.25, 0.3) is 0 Å². The maximum Gasteiger partial charge on any atom is 0.334 e. The molecule has 0 aliphatic carbocycles. The number of hydrogen-bond donors (Lipinski definition) is 1. The zero-order valence-electron chi connectivity index (χ0n) is 10.7. The number of carbonyl (C=O) groups excluding carboxylic acids is 1. The van der Waals surface area contributed by atoms with E-state index in [1.54, 1.807) is 6.92 Å². The maximum atomic E-state index is 12.2. The predicted octanol–water partition coefficient (Wildman–Crippen LogP) is 0.986. The second kappa shape index (κ2) is 4.73. The van der Waals surface area contributed by atoms with Crippen molar-refractivity contribution < 1.29 is 9.21 Å². The summed E-state index contributed by atoms with van der Waals surface area (Å²) < 4.78 is 6.54. The molecular formula is C12H16N4O2. The minimum Gasteiger partial charge on any atom is -0.438 e. The van der Waals surface area contributed by atoms with Crippen molar-refractivity contribution in [2.45, 2.75) is 27.2 Å². The van der Waals surface area contributed by atoms with E-state index in [1.807, 2.05) is 13.8 Å².